The molecule has 1 aliphatic carbocycles. The van der Waals surface area contributed by atoms with Gasteiger partial charge in [-0.2, -0.15) is 0 Å². The fraction of sp³-hybridized carbons (Fsp3) is 0.538. The van der Waals surface area contributed by atoms with Crippen LogP contribution in [0.2, 0.25) is 0 Å². The van der Waals surface area contributed by atoms with E-state index >= 15 is 0 Å². The minimum absolute atomic E-state index is 0.0151. The van der Waals surface area contributed by atoms with Gasteiger partial charge in [0.15, 0.2) is 0 Å². The molecule has 5 heteroatoms. The molecule has 3 nitrogen and oxygen atoms in total. The van der Waals surface area contributed by atoms with E-state index in [1.54, 1.807) is 11.3 Å². The number of thiophene rings is 1. The van der Waals surface area contributed by atoms with Gasteiger partial charge in [0.05, 0.1) is 9.87 Å². The van der Waals surface area contributed by atoms with Gasteiger partial charge in [0, 0.05) is 16.8 Å². The predicted octanol–water partition coefficient (Wildman–Crippen LogP) is 2.28. The third-order valence-corrected chi connectivity index (χ3v) is 5.12. The van der Waals surface area contributed by atoms with Gasteiger partial charge in [0.1, 0.15) is 0 Å². The van der Waals surface area contributed by atoms with Crippen LogP contribution in [0.25, 0.3) is 0 Å². The summed E-state index contributed by atoms with van der Waals surface area (Å²) < 4.78 is 0. The highest BCUT2D eigenvalue weighted by Gasteiger charge is 2.24. The molecule has 2 rings (SSSR count). The van der Waals surface area contributed by atoms with Gasteiger partial charge in [-0.05, 0) is 30.9 Å². The number of nitrogens with one attached hydrogen (secondary N) is 1. The number of fused-ring (bicyclic) bond motifs is 1. The van der Waals surface area contributed by atoms with Gasteiger partial charge in [-0.3, -0.25) is 4.79 Å². The summed E-state index contributed by atoms with van der Waals surface area (Å²) >= 11 is 6.60. The molecule has 98 valence electrons. The molecule has 1 amide bonds. The van der Waals surface area contributed by atoms with Gasteiger partial charge in [-0.25, -0.2) is 0 Å². The molecule has 1 aliphatic rings. The fourth-order valence-corrected chi connectivity index (χ4v) is 3.16. The van der Waals surface area contributed by atoms with Crippen LogP contribution < -0.4 is 11.1 Å². The number of aryl methyl sites for hydroxylation is 2. The number of carbonyl (C=O) groups excluding carboxylic acids is 1. The van der Waals surface area contributed by atoms with E-state index in [2.05, 4.69) is 5.32 Å². The Labute approximate surface area is 117 Å². The SMILES string of the molecule is CC(C)(CNC(=O)c1cc2c(s1)CCC2)C(N)=S. The number of hydrogen-bond donors (Lipinski definition) is 2. The molecule has 0 radical (unpaired) electrons. The molecule has 0 atom stereocenters. The fourth-order valence-electron chi connectivity index (χ4n) is 1.92. The Morgan fingerprint density at radius 3 is 2.89 bits per heavy atom. The molecule has 0 aromatic carbocycles. The lowest BCUT2D eigenvalue weighted by Crippen LogP contribution is -2.41. The summed E-state index contributed by atoms with van der Waals surface area (Å²) in [6, 6.07) is 2.02. The zero-order chi connectivity index (χ0) is 13.3. The number of thiocarbonyl (C=S) groups is 1. The van der Waals surface area contributed by atoms with E-state index in [1.165, 1.54) is 16.9 Å². The monoisotopic (exact) mass is 282 g/mol. The molecule has 1 aromatic heterocycles. The second kappa shape index (κ2) is 4.97. The molecule has 0 fully saturated rings. The van der Waals surface area contributed by atoms with Crippen LogP contribution in [-0.4, -0.2) is 17.4 Å². The molecular weight excluding hydrogens is 264 g/mol. The van der Waals surface area contributed by atoms with Gasteiger partial charge in [0.25, 0.3) is 5.91 Å². The van der Waals surface area contributed by atoms with E-state index in [4.69, 9.17) is 18.0 Å². The predicted molar refractivity (Wildman–Crippen MR) is 79.2 cm³/mol. The maximum atomic E-state index is 12.0. The van der Waals surface area contributed by atoms with Crippen molar-refractivity contribution in [1.29, 1.82) is 0 Å². The van der Waals surface area contributed by atoms with Crippen molar-refractivity contribution >= 4 is 34.5 Å². The smallest absolute Gasteiger partial charge is 0.261 e. The van der Waals surface area contributed by atoms with Crippen LogP contribution in [0.3, 0.4) is 0 Å². The van der Waals surface area contributed by atoms with Gasteiger partial charge in [0.2, 0.25) is 0 Å². The lowest BCUT2D eigenvalue weighted by atomic mass is 9.93. The van der Waals surface area contributed by atoms with E-state index in [-0.39, 0.29) is 11.3 Å². The lowest BCUT2D eigenvalue weighted by Gasteiger charge is -2.23. The van der Waals surface area contributed by atoms with E-state index in [0.29, 0.717) is 11.5 Å². The van der Waals surface area contributed by atoms with E-state index in [1.807, 2.05) is 19.9 Å². The minimum atomic E-state index is -0.342. The Bertz CT molecular complexity index is 470. The minimum Gasteiger partial charge on any atom is -0.393 e. The average molecular weight is 282 g/mol. The molecule has 0 saturated carbocycles. The maximum Gasteiger partial charge on any atom is 0.261 e. The first kappa shape index (κ1) is 13.5. The first-order valence-corrected chi connectivity index (χ1v) is 7.32. The van der Waals surface area contributed by atoms with Crippen molar-refractivity contribution in [2.24, 2.45) is 11.1 Å². The Hall–Kier alpha value is -0.940. The molecule has 0 saturated heterocycles. The molecule has 0 aliphatic heterocycles. The second-order valence-corrected chi connectivity index (χ2v) is 6.92. The summed E-state index contributed by atoms with van der Waals surface area (Å²) in [5.74, 6) is -0.0151. The topological polar surface area (TPSA) is 55.1 Å². The van der Waals surface area contributed by atoms with Crippen LogP contribution in [0.5, 0.6) is 0 Å². The molecule has 1 aromatic rings. The third-order valence-electron chi connectivity index (χ3n) is 3.33. The van der Waals surface area contributed by atoms with Crippen LogP contribution in [0, 0.1) is 5.41 Å². The largest absolute Gasteiger partial charge is 0.393 e. The van der Waals surface area contributed by atoms with Crippen LogP contribution in [-0.2, 0) is 12.8 Å². The maximum absolute atomic E-state index is 12.0. The van der Waals surface area contributed by atoms with Gasteiger partial charge in [-0.15, -0.1) is 11.3 Å². The Balaban J connectivity index is 1.98. The third kappa shape index (κ3) is 2.72. The highest BCUT2D eigenvalue weighted by molar-refractivity contribution is 7.80. The van der Waals surface area contributed by atoms with Gasteiger partial charge < -0.3 is 11.1 Å². The molecule has 0 bridgehead atoms. The molecule has 18 heavy (non-hydrogen) atoms. The number of carbonyl (C=O) groups is 1. The van der Waals surface area contributed by atoms with E-state index in [0.717, 1.165) is 17.7 Å². The van der Waals surface area contributed by atoms with Crippen LogP contribution in [0.4, 0.5) is 0 Å². The molecule has 1 heterocycles. The normalized spacial score (nSPS) is 14.3. The van der Waals surface area contributed by atoms with Crippen LogP contribution in [0.15, 0.2) is 6.07 Å². The highest BCUT2D eigenvalue weighted by Crippen LogP contribution is 2.30. The first-order chi connectivity index (χ1) is 8.40. The lowest BCUT2D eigenvalue weighted by molar-refractivity contribution is 0.0949. The Morgan fingerprint density at radius 1 is 1.56 bits per heavy atom. The standard InChI is InChI=1S/C13H18N2OS2/c1-13(2,12(14)17)7-15-11(16)10-6-8-4-3-5-9(8)18-10/h6H,3-5,7H2,1-2H3,(H2,14,17)(H,15,16). The van der Waals surface area contributed by atoms with Crippen molar-refractivity contribution in [1.82, 2.24) is 5.32 Å². The molecule has 0 spiro atoms. The number of hydrogen-bond acceptors (Lipinski definition) is 3. The molecular formula is C13H18N2OS2. The summed E-state index contributed by atoms with van der Waals surface area (Å²) in [4.78, 5) is 14.6. The zero-order valence-corrected chi connectivity index (χ0v) is 12.3. The van der Waals surface area contributed by atoms with Crippen molar-refractivity contribution in [2.75, 3.05) is 6.54 Å². The Kier molecular flexibility index (Phi) is 3.73. The second-order valence-electron chi connectivity index (χ2n) is 5.34. The molecule has 3 N–H and O–H groups in total. The number of rotatable bonds is 4. The first-order valence-electron chi connectivity index (χ1n) is 6.10. The summed E-state index contributed by atoms with van der Waals surface area (Å²) in [6.45, 7) is 4.35. The van der Waals surface area contributed by atoms with Crippen molar-refractivity contribution in [3.8, 4) is 0 Å². The average Bonchev–Trinajstić information content (AvgIpc) is 2.85. The molecule has 0 unspecified atom stereocenters. The Morgan fingerprint density at radius 2 is 2.28 bits per heavy atom. The van der Waals surface area contributed by atoms with Gasteiger partial charge >= 0.3 is 0 Å². The van der Waals surface area contributed by atoms with Gasteiger partial charge in [-0.1, -0.05) is 26.1 Å². The number of nitrogens with two attached hydrogens (primary N) is 1. The summed E-state index contributed by atoms with van der Waals surface area (Å²) in [6.07, 6.45) is 3.45. The number of amides is 1. The summed E-state index contributed by atoms with van der Waals surface area (Å²) in [7, 11) is 0. The summed E-state index contributed by atoms with van der Waals surface area (Å²) in [5, 5.41) is 2.91. The van der Waals surface area contributed by atoms with Crippen molar-refractivity contribution in [3.63, 3.8) is 0 Å². The van der Waals surface area contributed by atoms with Crippen LogP contribution >= 0.6 is 23.6 Å². The van der Waals surface area contributed by atoms with E-state index < -0.39 is 0 Å². The zero-order valence-electron chi connectivity index (χ0n) is 10.7. The van der Waals surface area contributed by atoms with Crippen molar-refractivity contribution in [3.05, 3.63) is 21.4 Å². The van der Waals surface area contributed by atoms with Crippen molar-refractivity contribution < 1.29 is 4.79 Å². The quantitative estimate of drug-likeness (QED) is 0.833. The summed E-state index contributed by atoms with van der Waals surface area (Å²) in [5.41, 5.74) is 6.64. The van der Waals surface area contributed by atoms with Crippen LogP contribution in [0.1, 0.15) is 40.4 Å². The van der Waals surface area contributed by atoms with Crippen molar-refractivity contribution in [2.45, 2.75) is 33.1 Å². The van der Waals surface area contributed by atoms with E-state index in [9.17, 15) is 4.79 Å². The highest BCUT2D eigenvalue weighted by atomic mass is 32.1.